The van der Waals surface area contributed by atoms with Crippen molar-refractivity contribution in [2.75, 3.05) is 13.1 Å². The molecule has 0 aromatic carbocycles. The second-order valence-corrected chi connectivity index (χ2v) is 5.00. The van der Waals surface area contributed by atoms with E-state index in [1.54, 1.807) is 0 Å². The van der Waals surface area contributed by atoms with Gasteiger partial charge in [0.05, 0.1) is 0 Å². The molecule has 0 aliphatic carbocycles. The summed E-state index contributed by atoms with van der Waals surface area (Å²) in [6.07, 6.45) is 2.99. The van der Waals surface area contributed by atoms with Crippen LogP contribution in [0.5, 0.6) is 0 Å². The molecule has 1 aliphatic heterocycles. The third-order valence-electron chi connectivity index (χ3n) is 3.32. The fraction of sp³-hybridized carbons (Fsp3) is 0.917. The molecule has 0 bridgehead atoms. The smallest absolute Gasteiger partial charge is 0.220 e. The summed E-state index contributed by atoms with van der Waals surface area (Å²) in [5, 5.41) is 6.38. The van der Waals surface area contributed by atoms with Gasteiger partial charge >= 0.3 is 0 Å². The standard InChI is InChI=1S/C12H24N2O.ClH/c1-9(2)10(3)14-12(15)8-11-4-6-13-7-5-11;/h9-11,13H,4-8H2,1-3H3,(H,14,15);1H. The van der Waals surface area contributed by atoms with E-state index in [-0.39, 0.29) is 18.3 Å². The van der Waals surface area contributed by atoms with E-state index >= 15 is 0 Å². The van der Waals surface area contributed by atoms with Gasteiger partial charge in [-0.2, -0.15) is 0 Å². The molecule has 16 heavy (non-hydrogen) atoms. The van der Waals surface area contributed by atoms with Gasteiger partial charge in [0.15, 0.2) is 0 Å². The predicted molar refractivity (Wildman–Crippen MR) is 69.9 cm³/mol. The van der Waals surface area contributed by atoms with E-state index in [0.717, 1.165) is 25.9 Å². The third kappa shape index (κ3) is 5.71. The van der Waals surface area contributed by atoms with Crippen LogP contribution in [0.1, 0.15) is 40.0 Å². The quantitative estimate of drug-likeness (QED) is 0.799. The van der Waals surface area contributed by atoms with Crippen LogP contribution in [0.4, 0.5) is 0 Å². The fourth-order valence-corrected chi connectivity index (χ4v) is 1.83. The van der Waals surface area contributed by atoms with Crippen LogP contribution in [0.2, 0.25) is 0 Å². The fourth-order valence-electron chi connectivity index (χ4n) is 1.83. The summed E-state index contributed by atoms with van der Waals surface area (Å²) in [7, 11) is 0. The van der Waals surface area contributed by atoms with Gasteiger partial charge in [0.2, 0.25) is 5.91 Å². The molecule has 1 heterocycles. The van der Waals surface area contributed by atoms with E-state index in [1.807, 2.05) is 0 Å². The van der Waals surface area contributed by atoms with Crippen LogP contribution in [0.3, 0.4) is 0 Å². The number of carbonyl (C=O) groups excluding carboxylic acids is 1. The van der Waals surface area contributed by atoms with Crippen molar-refractivity contribution in [3.63, 3.8) is 0 Å². The van der Waals surface area contributed by atoms with Gasteiger partial charge < -0.3 is 10.6 Å². The molecular weight excluding hydrogens is 224 g/mol. The minimum Gasteiger partial charge on any atom is -0.353 e. The van der Waals surface area contributed by atoms with Crippen molar-refractivity contribution < 1.29 is 4.79 Å². The number of hydrogen-bond acceptors (Lipinski definition) is 2. The highest BCUT2D eigenvalue weighted by atomic mass is 35.5. The number of piperidine rings is 1. The summed E-state index contributed by atoms with van der Waals surface area (Å²) >= 11 is 0. The highest BCUT2D eigenvalue weighted by molar-refractivity contribution is 5.85. The molecule has 1 rings (SSSR count). The lowest BCUT2D eigenvalue weighted by Crippen LogP contribution is -2.38. The lowest BCUT2D eigenvalue weighted by Gasteiger charge is -2.23. The second kappa shape index (κ2) is 7.91. The van der Waals surface area contributed by atoms with Gasteiger partial charge in [0.25, 0.3) is 0 Å². The Kier molecular flexibility index (Phi) is 7.77. The van der Waals surface area contributed by atoms with E-state index in [1.165, 1.54) is 0 Å². The highest BCUT2D eigenvalue weighted by Crippen LogP contribution is 2.15. The van der Waals surface area contributed by atoms with Gasteiger partial charge in [-0.3, -0.25) is 4.79 Å². The number of rotatable bonds is 4. The SMILES string of the molecule is CC(C)C(C)NC(=O)CC1CCNCC1.Cl. The van der Waals surface area contributed by atoms with Crippen LogP contribution in [-0.2, 0) is 4.79 Å². The van der Waals surface area contributed by atoms with Crippen LogP contribution < -0.4 is 10.6 Å². The van der Waals surface area contributed by atoms with Crippen LogP contribution >= 0.6 is 12.4 Å². The zero-order chi connectivity index (χ0) is 11.3. The summed E-state index contributed by atoms with van der Waals surface area (Å²) in [5.41, 5.74) is 0. The maximum atomic E-state index is 11.7. The minimum absolute atomic E-state index is 0. The van der Waals surface area contributed by atoms with E-state index in [9.17, 15) is 4.79 Å². The van der Waals surface area contributed by atoms with Crippen LogP contribution in [0, 0.1) is 11.8 Å². The molecule has 0 aromatic heterocycles. The van der Waals surface area contributed by atoms with Crippen molar-refractivity contribution in [1.82, 2.24) is 10.6 Å². The molecule has 0 spiro atoms. The first-order valence-corrected chi connectivity index (χ1v) is 6.09. The molecule has 0 saturated carbocycles. The van der Waals surface area contributed by atoms with Crippen molar-refractivity contribution in [3.05, 3.63) is 0 Å². The lowest BCUT2D eigenvalue weighted by atomic mass is 9.94. The molecule has 1 aliphatic rings. The molecule has 1 amide bonds. The molecule has 1 saturated heterocycles. The maximum absolute atomic E-state index is 11.7. The predicted octanol–water partition coefficient (Wildman–Crippen LogP) is 1.96. The van der Waals surface area contributed by atoms with Gasteiger partial charge in [-0.05, 0) is 44.7 Å². The Bertz CT molecular complexity index is 203. The Morgan fingerprint density at radius 1 is 1.31 bits per heavy atom. The third-order valence-corrected chi connectivity index (χ3v) is 3.32. The molecular formula is C12H25ClN2O. The molecule has 3 nitrogen and oxygen atoms in total. The average molecular weight is 249 g/mol. The number of hydrogen-bond donors (Lipinski definition) is 2. The molecule has 1 fully saturated rings. The minimum atomic E-state index is 0. The summed E-state index contributed by atoms with van der Waals surface area (Å²) < 4.78 is 0. The van der Waals surface area contributed by atoms with Crippen molar-refractivity contribution in [2.24, 2.45) is 11.8 Å². The Labute approximate surface area is 105 Å². The number of nitrogens with one attached hydrogen (secondary N) is 2. The van der Waals surface area contributed by atoms with Crippen LogP contribution in [-0.4, -0.2) is 25.0 Å². The Morgan fingerprint density at radius 3 is 2.38 bits per heavy atom. The Balaban J connectivity index is 0.00000225. The summed E-state index contributed by atoms with van der Waals surface area (Å²) in [4.78, 5) is 11.7. The lowest BCUT2D eigenvalue weighted by molar-refractivity contribution is -0.123. The maximum Gasteiger partial charge on any atom is 0.220 e. The first-order valence-electron chi connectivity index (χ1n) is 6.09. The van der Waals surface area contributed by atoms with E-state index in [2.05, 4.69) is 31.4 Å². The summed E-state index contributed by atoms with van der Waals surface area (Å²) in [6, 6.07) is 0.291. The monoisotopic (exact) mass is 248 g/mol. The van der Waals surface area contributed by atoms with Crippen molar-refractivity contribution in [3.8, 4) is 0 Å². The van der Waals surface area contributed by atoms with E-state index in [4.69, 9.17) is 0 Å². The van der Waals surface area contributed by atoms with Gasteiger partial charge in [-0.15, -0.1) is 12.4 Å². The molecule has 1 atom stereocenters. The van der Waals surface area contributed by atoms with Crippen molar-refractivity contribution in [2.45, 2.75) is 46.1 Å². The number of carbonyl (C=O) groups is 1. The largest absolute Gasteiger partial charge is 0.353 e. The average Bonchev–Trinajstić information content (AvgIpc) is 2.18. The van der Waals surface area contributed by atoms with E-state index < -0.39 is 0 Å². The molecule has 0 radical (unpaired) electrons. The van der Waals surface area contributed by atoms with Crippen molar-refractivity contribution in [1.29, 1.82) is 0 Å². The van der Waals surface area contributed by atoms with E-state index in [0.29, 0.717) is 24.3 Å². The van der Waals surface area contributed by atoms with Gasteiger partial charge in [-0.1, -0.05) is 13.8 Å². The first-order chi connectivity index (χ1) is 7.09. The topological polar surface area (TPSA) is 41.1 Å². The second-order valence-electron chi connectivity index (χ2n) is 5.00. The Morgan fingerprint density at radius 2 is 1.88 bits per heavy atom. The van der Waals surface area contributed by atoms with Crippen LogP contribution in [0.25, 0.3) is 0 Å². The van der Waals surface area contributed by atoms with Crippen molar-refractivity contribution >= 4 is 18.3 Å². The normalized spacial score (nSPS) is 19.0. The molecule has 2 N–H and O–H groups in total. The van der Waals surface area contributed by atoms with Gasteiger partial charge in [0, 0.05) is 12.5 Å². The summed E-state index contributed by atoms with van der Waals surface area (Å²) in [5.74, 6) is 1.33. The zero-order valence-electron chi connectivity index (χ0n) is 10.6. The summed E-state index contributed by atoms with van der Waals surface area (Å²) in [6.45, 7) is 8.48. The molecule has 96 valence electrons. The van der Waals surface area contributed by atoms with Gasteiger partial charge in [-0.25, -0.2) is 0 Å². The molecule has 4 heteroatoms. The number of halogens is 1. The number of amides is 1. The highest BCUT2D eigenvalue weighted by Gasteiger charge is 2.18. The molecule has 0 aromatic rings. The van der Waals surface area contributed by atoms with Gasteiger partial charge in [0.1, 0.15) is 0 Å². The molecule has 1 unspecified atom stereocenters. The Hall–Kier alpha value is -0.280. The van der Waals surface area contributed by atoms with Crippen LogP contribution in [0.15, 0.2) is 0 Å². The first kappa shape index (κ1) is 15.7. The zero-order valence-corrected chi connectivity index (χ0v) is 11.4.